The maximum Gasteiger partial charge on any atom is 0.339 e. The number of nitrogens with zero attached hydrogens (tertiary/aromatic N) is 1. The monoisotopic (exact) mass is 235 g/mol. The van der Waals surface area contributed by atoms with E-state index in [9.17, 15) is 14.9 Å². The van der Waals surface area contributed by atoms with Crippen LogP contribution in [0.15, 0.2) is 24.3 Å². The third kappa shape index (κ3) is 2.27. The van der Waals surface area contributed by atoms with Gasteiger partial charge in [0.05, 0.1) is 5.56 Å². The van der Waals surface area contributed by atoms with Crippen molar-refractivity contribution in [3.05, 3.63) is 45.5 Å². The van der Waals surface area contributed by atoms with Crippen molar-refractivity contribution in [2.24, 2.45) is 0 Å². The Labute approximate surface area is 98.5 Å². The van der Waals surface area contributed by atoms with Crippen LogP contribution in [0.4, 0.5) is 0 Å². The molecule has 1 aliphatic rings. The fraction of sp³-hybridized carbons (Fsp3) is 0.417. The van der Waals surface area contributed by atoms with Crippen molar-refractivity contribution < 1.29 is 14.5 Å². The Kier molecular flexibility index (Phi) is 3.08. The minimum atomic E-state index is -0.610. The van der Waals surface area contributed by atoms with Crippen LogP contribution in [-0.2, 0) is 4.74 Å². The third-order valence-electron chi connectivity index (χ3n) is 2.98. The molecule has 2 unspecified atom stereocenters. The highest BCUT2D eigenvalue weighted by molar-refractivity contribution is 5.93. The Morgan fingerprint density at radius 3 is 2.88 bits per heavy atom. The van der Waals surface area contributed by atoms with Crippen molar-refractivity contribution in [3.8, 4) is 0 Å². The van der Waals surface area contributed by atoms with Crippen LogP contribution >= 0.6 is 0 Å². The Hall–Kier alpha value is -1.91. The largest absolute Gasteiger partial charge is 0.454 e. The second-order valence-corrected chi connectivity index (χ2v) is 4.19. The van der Waals surface area contributed by atoms with Gasteiger partial charge in [-0.3, -0.25) is 10.1 Å². The maximum absolute atomic E-state index is 11.5. The Morgan fingerprint density at radius 1 is 1.47 bits per heavy atom. The second-order valence-electron chi connectivity index (χ2n) is 4.19. The molecule has 0 N–H and O–H groups in total. The Balaban J connectivity index is 2.05. The van der Waals surface area contributed by atoms with Gasteiger partial charge in [-0.15, -0.1) is 0 Å². The summed E-state index contributed by atoms with van der Waals surface area (Å²) in [5.41, 5.74) is 1.42. The molecule has 0 bridgehead atoms. The first kappa shape index (κ1) is 11.6. The number of nitro groups is 1. The molecule has 0 saturated heterocycles. The third-order valence-corrected chi connectivity index (χ3v) is 2.98. The van der Waals surface area contributed by atoms with Crippen LogP contribution in [0.2, 0.25) is 0 Å². The number of esters is 1. The van der Waals surface area contributed by atoms with Crippen LogP contribution < -0.4 is 0 Å². The minimum absolute atomic E-state index is 0.317. The van der Waals surface area contributed by atoms with Crippen molar-refractivity contribution in [1.29, 1.82) is 0 Å². The number of carbonyl (C=O) groups is 1. The van der Waals surface area contributed by atoms with Gasteiger partial charge in [-0.1, -0.05) is 18.2 Å². The molecule has 17 heavy (non-hydrogen) atoms. The van der Waals surface area contributed by atoms with Gasteiger partial charge >= 0.3 is 5.97 Å². The molecule has 0 aliphatic carbocycles. The predicted octanol–water partition coefficient (Wildman–Crippen LogP) is 2.34. The quantitative estimate of drug-likeness (QED) is 0.456. The van der Waals surface area contributed by atoms with Crippen molar-refractivity contribution in [3.63, 3.8) is 0 Å². The zero-order chi connectivity index (χ0) is 12.4. The molecule has 0 aromatic heterocycles. The van der Waals surface area contributed by atoms with Crippen LogP contribution in [0.3, 0.4) is 0 Å². The van der Waals surface area contributed by atoms with Crippen LogP contribution in [-0.4, -0.2) is 16.9 Å². The number of rotatable bonds is 4. The molecule has 1 aliphatic heterocycles. The fourth-order valence-electron chi connectivity index (χ4n) is 1.93. The lowest BCUT2D eigenvalue weighted by molar-refractivity contribution is -0.519. The lowest BCUT2D eigenvalue weighted by atomic mass is 10.0. The molecule has 0 fully saturated rings. The molecule has 1 aromatic rings. The first-order chi connectivity index (χ1) is 8.09. The smallest absolute Gasteiger partial charge is 0.339 e. The topological polar surface area (TPSA) is 69.4 Å². The lowest BCUT2D eigenvalue weighted by Crippen LogP contribution is -2.16. The summed E-state index contributed by atoms with van der Waals surface area (Å²) in [4.78, 5) is 21.7. The average Bonchev–Trinajstić information content (AvgIpc) is 2.64. The van der Waals surface area contributed by atoms with Gasteiger partial charge in [0.2, 0.25) is 6.04 Å². The van der Waals surface area contributed by atoms with E-state index in [1.807, 2.05) is 12.1 Å². The summed E-state index contributed by atoms with van der Waals surface area (Å²) in [6.07, 6.45) is 0.561. The molecular formula is C12H13NO4. The van der Waals surface area contributed by atoms with Crippen LogP contribution in [0.25, 0.3) is 0 Å². The van der Waals surface area contributed by atoms with Gasteiger partial charge in [-0.25, -0.2) is 4.79 Å². The second kappa shape index (κ2) is 4.53. The zero-order valence-corrected chi connectivity index (χ0v) is 9.46. The highest BCUT2D eigenvalue weighted by Crippen LogP contribution is 2.33. The molecule has 2 atom stereocenters. The van der Waals surface area contributed by atoms with Crippen LogP contribution in [0.1, 0.15) is 41.8 Å². The molecule has 5 heteroatoms. The summed E-state index contributed by atoms with van der Waals surface area (Å²) in [5.74, 6) is -0.334. The van der Waals surface area contributed by atoms with E-state index >= 15 is 0 Å². The minimum Gasteiger partial charge on any atom is -0.454 e. The van der Waals surface area contributed by atoms with Gasteiger partial charge in [0.15, 0.2) is 0 Å². The first-order valence-electron chi connectivity index (χ1n) is 5.53. The lowest BCUT2D eigenvalue weighted by Gasteiger charge is -2.10. The van der Waals surface area contributed by atoms with Gasteiger partial charge in [0.1, 0.15) is 6.10 Å². The molecular weight excluding hydrogens is 222 g/mol. The van der Waals surface area contributed by atoms with Gasteiger partial charge < -0.3 is 4.74 Å². The number of fused-ring (bicyclic) bond motifs is 1. The number of hydrogen-bond acceptors (Lipinski definition) is 4. The van der Waals surface area contributed by atoms with Crippen molar-refractivity contribution in [2.45, 2.75) is 31.9 Å². The standard InChI is InChI=1S/C12H13NO4/c1-8(13(15)16)6-7-11-9-4-2-3-5-10(9)12(14)17-11/h2-5,8,11H,6-7H2,1H3. The number of carbonyl (C=O) groups excluding carboxylic acids is 1. The molecule has 0 amide bonds. The maximum atomic E-state index is 11.5. The average molecular weight is 235 g/mol. The Bertz CT molecular complexity index is 458. The highest BCUT2D eigenvalue weighted by Gasteiger charge is 2.31. The molecule has 0 radical (unpaired) electrons. The van der Waals surface area contributed by atoms with Gasteiger partial charge in [0.25, 0.3) is 0 Å². The Morgan fingerprint density at radius 2 is 2.18 bits per heavy atom. The van der Waals surface area contributed by atoms with E-state index in [4.69, 9.17) is 4.74 Å². The summed E-state index contributed by atoms with van der Waals surface area (Å²) in [6.45, 7) is 1.56. The fourth-order valence-corrected chi connectivity index (χ4v) is 1.93. The number of cyclic esters (lactones) is 1. The summed E-state index contributed by atoms with van der Waals surface area (Å²) >= 11 is 0. The number of hydrogen-bond donors (Lipinski definition) is 0. The number of benzene rings is 1. The number of ether oxygens (including phenoxy) is 1. The molecule has 2 rings (SSSR count). The molecule has 1 heterocycles. The SMILES string of the molecule is CC(CCC1OC(=O)c2ccccc21)[N+](=O)[O-]. The highest BCUT2D eigenvalue weighted by atomic mass is 16.6. The van der Waals surface area contributed by atoms with E-state index in [0.29, 0.717) is 18.4 Å². The van der Waals surface area contributed by atoms with Gasteiger partial charge in [-0.2, -0.15) is 0 Å². The van der Waals surface area contributed by atoms with Crippen LogP contribution in [0.5, 0.6) is 0 Å². The van der Waals surface area contributed by atoms with Crippen LogP contribution in [0, 0.1) is 10.1 Å². The summed E-state index contributed by atoms with van der Waals surface area (Å²) in [7, 11) is 0. The summed E-state index contributed by atoms with van der Waals surface area (Å²) in [6, 6.07) is 6.56. The molecule has 0 spiro atoms. The van der Waals surface area contributed by atoms with Crippen molar-refractivity contribution in [1.82, 2.24) is 0 Å². The van der Waals surface area contributed by atoms with Gasteiger partial charge in [0, 0.05) is 23.8 Å². The predicted molar refractivity (Wildman–Crippen MR) is 60.3 cm³/mol. The van der Waals surface area contributed by atoms with E-state index in [1.54, 1.807) is 19.1 Å². The molecule has 90 valence electrons. The molecule has 1 aromatic carbocycles. The molecule has 0 saturated carbocycles. The zero-order valence-electron chi connectivity index (χ0n) is 9.46. The molecule has 5 nitrogen and oxygen atoms in total. The van der Waals surface area contributed by atoms with Crippen molar-refractivity contribution in [2.75, 3.05) is 0 Å². The normalized spacial score (nSPS) is 19.6. The van der Waals surface area contributed by atoms with Gasteiger partial charge in [-0.05, 0) is 12.5 Å². The van der Waals surface area contributed by atoms with Crippen molar-refractivity contribution >= 4 is 5.97 Å². The summed E-state index contributed by atoms with van der Waals surface area (Å²) in [5, 5.41) is 10.5. The summed E-state index contributed by atoms with van der Waals surface area (Å²) < 4.78 is 5.20. The van der Waals surface area contributed by atoms with E-state index in [1.165, 1.54) is 0 Å². The van der Waals surface area contributed by atoms with E-state index in [0.717, 1.165) is 5.56 Å². The van der Waals surface area contributed by atoms with E-state index in [2.05, 4.69) is 0 Å². The van der Waals surface area contributed by atoms with E-state index in [-0.39, 0.29) is 17.0 Å². The van der Waals surface area contributed by atoms with E-state index < -0.39 is 6.04 Å². The first-order valence-corrected chi connectivity index (χ1v) is 5.53.